The van der Waals surface area contributed by atoms with E-state index in [2.05, 4.69) is 12.6 Å². The van der Waals surface area contributed by atoms with E-state index in [9.17, 15) is 8.42 Å². The van der Waals surface area contributed by atoms with Crippen molar-refractivity contribution in [1.82, 2.24) is 4.31 Å². The van der Waals surface area contributed by atoms with Gasteiger partial charge in [-0.25, -0.2) is 8.42 Å². The van der Waals surface area contributed by atoms with Gasteiger partial charge in [0, 0.05) is 23.9 Å². The highest BCUT2D eigenvalue weighted by Gasteiger charge is 2.36. The van der Waals surface area contributed by atoms with Crippen molar-refractivity contribution in [3.05, 3.63) is 35.9 Å². The Morgan fingerprint density at radius 3 is 2.63 bits per heavy atom. The third-order valence-corrected chi connectivity index (χ3v) is 5.20. The number of sulfonamides is 1. The topological polar surface area (TPSA) is 63.4 Å². The highest BCUT2D eigenvalue weighted by Crippen LogP contribution is 2.30. The molecule has 0 radical (unpaired) electrons. The van der Waals surface area contributed by atoms with Crippen molar-refractivity contribution in [2.75, 3.05) is 12.8 Å². The van der Waals surface area contributed by atoms with Crippen LogP contribution in [0.1, 0.15) is 24.4 Å². The van der Waals surface area contributed by atoms with Gasteiger partial charge in [0.1, 0.15) is 0 Å². The average Bonchev–Trinajstić information content (AvgIpc) is 2.71. The molecular weight excluding hydrogens is 280 g/mol. The van der Waals surface area contributed by atoms with E-state index in [1.54, 1.807) is 0 Å². The molecule has 0 bridgehead atoms. The molecule has 0 amide bonds. The van der Waals surface area contributed by atoms with Gasteiger partial charge in [0.2, 0.25) is 10.0 Å². The first-order valence-electron chi connectivity index (χ1n) is 6.33. The van der Waals surface area contributed by atoms with Crippen LogP contribution < -0.4 is 5.73 Å². The van der Waals surface area contributed by atoms with Gasteiger partial charge < -0.3 is 5.73 Å². The molecule has 1 aliphatic heterocycles. The van der Waals surface area contributed by atoms with E-state index in [1.807, 2.05) is 30.3 Å². The van der Waals surface area contributed by atoms with Crippen LogP contribution in [0.15, 0.2) is 30.3 Å². The minimum Gasteiger partial charge on any atom is -0.324 e. The van der Waals surface area contributed by atoms with E-state index in [4.69, 9.17) is 5.73 Å². The molecule has 1 heterocycles. The fourth-order valence-electron chi connectivity index (χ4n) is 2.61. The summed E-state index contributed by atoms with van der Waals surface area (Å²) in [5, 5.41) is 0.0997. The molecule has 106 valence electrons. The van der Waals surface area contributed by atoms with Crippen molar-refractivity contribution in [2.24, 2.45) is 5.73 Å². The van der Waals surface area contributed by atoms with Gasteiger partial charge in [-0.2, -0.15) is 16.9 Å². The maximum atomic E-state index is 11.8. The van der Waals surface area contributed by atoms with Crippen LogP contribution in [0, 0.1) is 0 Å². The highest BCUT2D eigenvalue weighted by atomic mass is 32.2. The van der Waals surface area contributed by atoms with E-state index in [1.165, 1.54) is 10.6 Å². The van der Waals surface area contributed by atoms with Crippen molar-refractivity contribution in [3.8, 4) is 0 Å². The van der Waals surface area contributed by atoms with Crippen molar-refractivity contribution in [3.63, 3.8) is 0 Å². The molecule has 0 saturated carbocycles. The lowest BCUT2D eigenvalue weighted by molar-refractivity contribution is 0.354. The Morgan fingerprint density at radius 2 is 2.05 bits per heavy atom. The van der Waals surface area contributed by atoms with Crippen molar-refractivity contribution in [2.45, 2.75) is 30.2 Å². The Kier molecular flexibility index (Phi) is 4.55. The second kappa shape index (κ2) is 5.83. The number of rotatable bonds is 4. The minimum absolute atomic E-state index is 0.0484. The molecule has 0 aliphatic carbocycles. The first-order chi connectivity index (χ1) is 8.88. The number of hydrogen-bond acceptors (Lipinski definition) is 4. The van der Waals surface area contributed by atoms with Crippen LogP contribution in [0.25, 0.3) is 0 Å². The normalized spacial score (nSPS) is 26.5. The number of nitrogens with two attached hydrogens (primary N) is 1. The number of benzene rings is 1. The summed E-state index contributed by atoms with van der Waals surface area (Å²) in [7, 11) is -3.18. The molecule has 1 aromatic carbocycles. The van der Waals surface area contributed by atoms with Crippen LogP contribution in [-0.2, 0) is 10.0 Å². The zero-order valence-corrected chi connectivity index (χ0v) is 12.6. The lowest BCUT2D eigenvalue weighted by Crippen LogP contribution is -2.36. The molecule has 3 atom stereocenters. The van der Waals surface area contributed by atoms with Crippen LogP contribution in [0.5, 0.6) is 0 Å². The van der Waals surface area contributed by atoms with Gasteiger partial charge in [0.25, 0.3) is 0 Å². The third kappa shape index (κ3) is 3.72. The molecule has 2 N–H and O–H groups in total. The number of nitrogens with zero attached hydrogens (tertiary/aromatic N) is 1. The monoisotopic (exact) mass is 300 g/mol. The second-order valence-corrected chi connectivity index (χ2v) is 7.79. The summed E-state index contributed by atoms with van der Waals surface area (Å²) in [5.74, 6) is 0. The van der Waals surface area contributed by atoms with E-state index in [-0.39, 0.29) is 17.3 Å². The summed E-state index contributed by atoms with van der Waals surface area (Å²) in [6.45, 7) is 0.480. The molecule has 0 spiro atoms. The maximum Gasteiger partial charge on any atom is 0.211 e. The van der Waals surface area contributed by atoms with Gasteiger partial charge in [-0.05, 0) is 18.4 Å². The lowest BCUT2D eigenvalue weighted by atomic mass is 9.99. The van der Waals surface area contributed by atoms with E-state index >= 15 is 0 Å². The quantitative estimate of drug-likeness (QED) is 0.826. The molecule has 6 heteroatoms. The average molecular weight is 300 g/mol. The SMILES string of the molecule is CS(=O)(=O)N1C[C@H](S)C[C@H]1CC(N)c1ccccc1. The van der Waals surface area contributed by atoms with Crippen LogP contribution in [0.3, 0.4) is 0 Å². The van der Waals surface area contributed by atoms with Crippen LogP contribution in [-0.4, -0.2) is 36.8 Å². The van der Waals surface area contributed by atoms with E-state index < -0.39 is 10.0 Å². The standard InChI is InChI=1S/C13H20N2O2S2/c1-19(16,17)15-9-12(18)7-11(15)8-13(14)10-5-3-2-4-6-10/h2-6,11-13,18H,7-9,14H2,1H3/t11-,12+,13?/m0/s1. The Labute approximate surface area is 120 Å². The van der Waals surface area contributed by atoms with E-state index in [0.717, 1.165) is 12.0 Å². The zero-order chi connectivity index (χ0) is 14.0. The number of hydrogen-bond donors (Lipinski definition) is 2. The fraction of sp³-hybridized carbons (Fsp3) is 0.538. The van der Waals surface area contributed by atoms with Gasteiger partial charge >= 0.3 is 0 Å². The van der Waals surface area contributed by atoms with E-state index in [0.29, 0.717) is 13.0 Å². The summed E-state index contributed by atoms with van der Waals surface area (Å²) in [6.07, 6.45) is 2.64. The first-order valence-corrected chi connectivity index (χ1v) is 8.70. The van der Waals surface area contributed by atoms with Gasteiger partial charge in [0.05, 0.1) is 6.26 Å². The molecule has 1 aliphatic rings. The summed E-state index contributed by atoms with van der Waals surface area (Å²) >= 11 is 4.41. The molecule has 1 unspecified atom stereocenters. The predicted octanol–water partition coefficient (Wildman–Crippen LogP) is 1.41. The van der Waals surface area contributed by atoms with Crippen molar-refractivity contribution >= 4 is 22.7 Å². The molecule has 1 saturated heterocycles. The minimum atomic E-state index is -3.18. The second-order valence-electron chi connectivity index (χ2n) is 5.13. The molecule has 0 aromatic heterocycles. The van der Waals surface area contributed by atoms with Crippen LogP contribution >= 0.6 is 12.6 Å². The number of thiol groups is 1. The summed E-state index contributed by atoms with van der Waals surface area (Å²) in [6, 6.07) is 9.59. The summed E-state index contributed by atoms with van der Waals surface area (Å²) in [4.78, 5) is 0. The zero-order valence-electron chi connectivity index (χ0n) is 10.9. The largest absolute Gasteiger partial charge is 0.324 e. The summed E-state index contributed by atoms with van der Waals surface area (Å²) < 4.78 is 25.1. The fourth-order valence-corrected chi connectivity index (χ4v) is 4.31. The van der Waals surface area contributed by atoms with Gasteiger partial charge in [-0.1, -0.05) is 30.3 Å². The molecule has 19 heavy (non-hydrogen) atoms. The molecule has 4 nitrogen and oxygen atoms in total. The van der Waals surface area contributed by atoms with Gasteiger partial charge in [0.15, 0.2) is 0 Å². The Hall–Kier alpha value is -0.560. The Balaban J connectivity index is 2.09. The highest BCUT2D eigenvalue weighted by molar-refractivity contribution is 7.88. The molecule has 1 fully saturated rings. The Morgan fingerprint density at radius 1 is 1.42 bits per heavy atom. The Bertz CT molecular complexity index is 519. The molecule has 2 rings (SSSR count). The van der Waals surface area contributed by atoms with Crippen molar-refractivity contribution < 1.29 is 8.42 Å². The van der Waals surface area contributed by atoms with Gasteiger partial charge in [-0.15, -0.1) is 0 Å². The maximum absolute atomic E-state index is 11.8. The van der Waals surface area contributed by atoms with Crippen LogP contribution in [0.2, 0.25) is 0 Å². The smallest absolute Gasteiger partial charge is 0.211 e. The van der Waals surface area contributed by atoms with Crippen molar-refractivity contribution in [1.29, 1.82) is 0 Å². The molecular formula is C13H20N2O2S2. The third-order valence-electron chi connectivity index (χ3n) is 3.52. The van der Waals surface area contributed by atoms with Gasteiger partial charge in [-0.3, -0.25) is 0 Å². The predicted molar refractivity (Wildman–Crippen MR) is 80.7 cm³/mol. The van der Waals surface area contributed by atoms with Crippen LogP contribution in [0.4, 0.5) is 0 Å². The first kappa shape index (κ1) is 14.8. The molecule has 1 aromatic rings. The summed E-state index contributed by atoms with van der Waals surface area (Å²) in [5.41, 5.74) is 7.22. The lowest BCUT2D eigenvalue weighted by Gasteiger charge is -2.24.